The molecule has 78 valence electrons. The molecule has 1 aromatic heterocycles. The maximum Gasteiger partial charge on any atom is 0.303 e. The van der Waals surface area contributed by atoms with Crippen molar-refractivity contribution < 1.29 is 9.90 Å². The fourth-order valence-electron chi connectivity index (χ4n) is 1.48. The fraction of sp³-hybridized carbons (Fsp3) is 0.500. The zero-order valence-electron chi connectivity index (χ0n) is 8.43. The van der Waals surface area contributed by atoms with Crippen LogP contribution in [-0.4, -0.2) is 11.1 Å². The number of rotatable bonds is 3. The average molecular weight is 233 g/mol. The zero-order chi connectivity index (χ0) is 10.9. The number of thiophene rings is 1. The summed E-state index contributed by atoms with van der Waals surface area (Å²) < 4.78 is 0. The normalized spacial score (nSPS) is 12.9. The molecule has 0 aliphatic heterocycles. The summed E-state index contributed by atoms with van der Waals surface area (Å²) in [6.45, 7) is 5.82. The highest BCUT2D eigenvalue weighted by atomic mass is 35.5. The second-order valence-electron chi connectivity index (χ2n) is 3.46. The molecule has 0 aromatic carbocycles. The second-order valence-corrected chi connectivity index (χ2v) is 5.09. The van der Waals surface area contributed by atoms with Gasteiger partial charge in [0.15, 0.2) is 0 Å². The molecular weight excluding hydrogens is 220 g/mol. The number of aryl methyl sites for hydroxylation is 1. The predicted octanol–water partition coefficient (Wildman–Crippen LogP) is 3.60. The van der Waals surface area contributed by atoms with Gasteiger partial charge in [-0.15, -0.1) is 11.3 Å². The minimum atomic E-state index is -0.765. The van der Waals surface area contributed by atoms with Gasteiger partial charge in [-0.1, -0.05) is 18.5 Å². The molecule has 0 saturated carbocycles. The summed E-state index contributed by atoms with van der Waals surface area (Å²) in [6.07, 6.45) is 0.164. The number of halogens is 1. The highest BCUT2D eigenvalue weighted by Crippen LogP contribution is 2.37. The van der Waals surface area contributed by atoms with Crippen LogP contribution in [0.5, 0.6) is 0 Å². The van der Waals surface area contributed by atoms with E-state index in [2.05, 4.69) is 0 Å². The van der Waals surface area contributed by atoms with Crippen molar-refractivity contribution in [2.45, 2.75) is 33.1 Å². The Hall–Kier alpha value is -0.540. The van der Waals surface area contributed by atoms with Gasteiger partial charge in [-0.2, -0.15) is 0 Å². The molecule has 14 heavy (non-hydrogen) atoms. The first-order valence-electron chi connectivity index (χ1n) is 4.40. The van der Waals surface area contributed by atoms with Crippen molar-refractivity contribution >= 4 is 28.9 Å². The Morgan fingerprint density at radius 3 is 2.50 bits per heavy atom. The van der Waals surface area contributed by atoms with Crippen LogP contribution in [0.4, 0.5) is 0 Å². The van der Waals surface area contributed by atoms with Crippen molar-refractivity contribution in [2.75, 3.05) is 0 Å². The van der Waals surface area contributed by atoms with Crippen molar-refractivity contribution in [3.05, 3.63) is 20.3 Å². The Balaban J connectivity index is 2.95. The van der Waals surface area contributed by atoms with Gasteiger partial charge in [0.1, 0.15) is 0 Å². The van der Waals surface area contributed by atoms with Gasteiger partial charge in [-0.05, 0) is 19.4 Å². The molecule has 0 aliphatic rings. The monoisotopic (exact) mass is 232 g/mol. The maximum atomic E-state index is 10.6. The van der Waals surface area contributed by atoms with Gasteiger partial charge in [0.25, 0.3) is 0 Å². The number of carboxylic acid groups (broad SMARTS) is 1. The van der Waals surface area contributed by atoms with E-state index in [1.807, 2.05) is 20.8 Å². The Labute approximate surface area is 92.5 Å². The van der Waals surface area contributed by atoms with E-state index >= 15 is 0 Å². The van der Waals surface area contributed by atoms with Crippen LogP contribution < -0.4 is 0 Å². The summed E-state index contributed by atoms with van der Waals surface area (Å²) >= 11 is 7.64. The summed E-state index contributed by atoms with van der Waals surface area (Å²) in [5.41, 5.74) is 1.03. The molecule has 0 radical (unpaired) electrons. The Morgan fingerprint density at radius 1 is 1.57 bits per heavy atom. The van der Waals surface area contributed by atoms with E-state index in [-0.39, 0.29) is 12.3 Å². The molecule has 1 aromatic rings. The number of aliphatic carboxylic acids is 1. The number of hydrogen-bond donors (Lipinski definition) is 1. The third-order valence-corrected chi connectivity index (χ3v) is 4.32. The van der Waals surface area contributed by atoms with Crippen molar-refractivity contribution in [1.82, 2.24) is 0 Å². The highest BCUT2D eigenvalue weighted by molar-refractivity contribution is 7.12. The van der Waals surface area contributed by atoms with E-state index in [0.29, 0.717) is 0 Å². The number of carbonyl (C=O) groups is 1. The molecule has 0 fully saturated rings. The molecule has 1 N–H and O–H groups in total. The van der Waals surface area contributed by atoms with Crippen LogP contribution in [0.1, 0.15) is 34.6 Å². The minimum Gasteiger partial charge on any atom is -0.481 e. The van der Waals surface area contributed by atoms with Crippen LogP contribution in [-0.2, 0) is 4.79 Å². The summed E-state index contributed by atoms with van der Waals surface area (Å²) in [4.78, 5) is 12.7. The molecule has 0 bridgehead atoms. The van der Waals surface area contributed by atoms with Gasteiger partial charge in [0.05, 0.1) is 11.4 Å². The molecule has 0 amide bonds. The van der Waals surface area contributed by atoms with Crippen molar-refractivity contribution in [1.29, 1.82) is 0 Å². The van der Waals surface area contributed by atoms with Crippen LogP contribution >= 0.6 is 22.9 Å². The lowest BCUT2D eigenvalue weighted by Crippen LogP contribution is -2.02. The number of hydrogen-bond acceptors (Lipinski definition) is 2. The zero-order valence-corrected chi connectivity index (χ0v) is 10.00. The van der Waals surface area contributed by atoms with Gasteiger partial charge in [-0.3, -0.25) is 4.79 Å². The Bertz CT molecular complexity index is 357. The van der Waals surface area contributed by atoms with E-state index in [9.17, 15) is 4.79 Å². The van der Waals surface area contributed by atoms with Crippen molar-refractivity contribution in [3.63, 3.8) is 0 Å². The van der Waals surface area contributed by atoms with Crippen LogP contribution in [0.25, 0.3) is 0 Å². The molecule has 0 saturated heterocycles. The third-order valence-electron chi connectivity index (χ3n) is 2.20. The van der Waals surface area contributed by atoms with E-state index < -0.39 is 5.97 Å². The molecule has 4 heteroatoms. The fourth-order valence-corrected chi connectivity index (χ4v) is 2.87. The molecule has 0 aliphatic carbocycles. The topological polar surface area (TPSA) is 37.3 Å². The first-order valence-corrected chi connectivity index (χ1v) is 5.60. The molecule has 1 atom stereocenters. The van der Waals surface area contributed by atoms with Crippen LogP contribution in [0.3, 0.4) is 0 Å². The molecule has 1 heterocycles. The molecular formula is C10H13ClO2S. The van der Waals surface area contributed by atoms with Gasteiger partial charge in [0, 0.05) is 15.7 Å². The van der Waals surface area contributed by atoms with E-state index in [4.69, 9.17) is 16.7 Å². The van der Waals surface area contributed by atoms with E-state index in [1.165, 1.54) is 0 Å². The van der Waals surface area contributed by atoms with E-state index in [0.717, 1.165) is 20.3 Å². The molecule has 1 unspecified atom stereocenters. The highest BCUT2D eigenvalue weighted by Gasteiger charge is 2.17. The summed E-state index contributed by atoms with van der Waals surface area (Å²) in [6, 6.07) is 0. The van der Waals surface area contributed by atoms with Gasteiger partial charge < -0.3 is 5.11 Å². The van der Waals surface area contributed by atoms with Crippen LogP contribution in [0, 0.1) is 13.8 Å². The molecule has 1 rings (SSSR count). The van der Waals surface area contributed by atoms with Crippen LogP contribution in [0.2, 0.25) is 5.02 Å². The standard InChI is InChI=1S/C10H13ClO2S/c1-5(4-8(12)13)10-6(2)9(11)7(3)14-10/h5H,4H2,1-3H3,(H,12,13). The van der Waals surface area contributed by atoms with Gasteiger partial charge in [-0.25, -0.2) is 0 Å². The first kappa shape index (κ1) is 11.5. The lowest BCUT2D eigenvalue weighted by Gasteiger charge is -2.06. The summed E-state index contributed by atoms with van der Waals surface area (Å²) in [7, 11) is 0. The maximum absolute atomic E-state index is 10.6. The third kappa shape index (κ3) is 2.28. The average Bonchev–Trinajstić information content (AvgIpc) is 2.32. The number of carboxylic acids is 1. The van der Waals surface area contributed by atoms with E-state index in [1.54, 1.807) is 11.3 Å². The summed E-state index contributed by atoms with van der Waals surface area (Å²) in [5.74, 6) is -0.720. The van der Waals surface area contributed by atoms with Crippen molar-refractivity contribution in [2.24, 2.45) is 0 Å². The van der Waals surface area contributed by atoms with Gasteiger partial charge in [0.2, 0.25) is 0 Å². The van der Waals surface area contributed by atoms with Crippen LogP contribution in [0.15, 0.2) is 0 Å². The molecule has 2 nitrogen and oxygen atoms in total. The smallest absolute Gasteiger partial charge is 0.303 e. The van der Waals surface area contributed by atoms with Crippen molar-refractivity contribution in [3.8, 4) is 0 Å². The minimum absolute atomic E-state index is 0.0451. The lowest BCUT2D eigenvalue weighted by molar-refractivity contribution is -0.137. The van der Waals surface area contributed by atoms with Gasteiger partial charge >= 0.3 is 5.97 Å². The predicted molar refractivity (Wildman–Crippen MR) is 59.5 cm³/mol. The Morgan fingerprint density at radius 2 is 2.14 bits per heavy atom. The second kappa shape index (κ2) is 4.32. The Kier molecular flexibility index (Phi) is 3.56. The largest absolute Gasteiger partial charge is 0.481 e. The molecule has 0 spiro atoms. The summed E-state index contributed by atoms with van der Waals surface area (Å²) in [5, 5.41) is 9.46. The SMILES string of the molecule is Cc1sc(C(C)CC(=O)O)c(C)c1Cl. The quantitative estimate of drug-likeness (QED) is 0.865. The lowest BCUT2D eigenvalue weighted by atomic mass is 10.0. The first-order chi connectivity index (χ1) is 6.43.